The molecule has 0 bridgehead atoms. The monoisotopic (exact) mass is 456 g/mol. The Morgan fingerprint density at radius 3 is 1.83 bits per heavy atom. The van der Waals surface area contributed by atoms with E-state index >= 15 is 0 Å². The zero-order valence-electron chi connectivity index (χ0n) is 18.4. The molecule has 0 aromatic heterocycles. The minimum absolute atomic E-state index is 0. The van der Waals surface area contributed by atoms with Crippen LogP contribution in [0.4, 0.5) is 0 Å². The van der Waals surface area contributed by atoms with Gasteiger partial charge in [0.1, 0.15) is 21.6 Å². The van der Waals surface area contributed by atoms with Crippen LogP contribution < -0.4 is 56.1 Å². The fourth-order valence-electron chi connectivity index (χ4n) is 3.47. The summed E-state index contributed by atoms with van der Waals surface area (Å²) in [7, 11) is -4.58. The number of para-hydroxylation sites is 2. The third-order valence-electron chi connectivity index (χ3n) is 5.11. The maximum Gasteiger partial charge on any atom is 1.00 e. The number of unbranched alkanes of at least 4 members (excludes halogenated alkanes) is 9. The Morgan fingerprint density at radius 1 is 0.733 bits per heavy atom. The quantitative estimate of drug-likeness (QED) is 0.246. The van der Waals surface area contributed by atoms with Gasteiger partial charge in [0.25, 0.3) is 0 Å². The average molecular weight is 457 g/mol. The summed E-state index contributed by atoms with van der Waals surface area (Å²) in [6.45, 7) is 2.24. The van der Waals surface area contributed by atoms with E-state index in [9.17, 15) is 13.0 Å². The van der Waals surface area contributed by atoms with Gasteiger partial charge in [-0.05, 0) is 36.6 Å². The van der Waals surface area contributed by atoms with Gasteiger partial charge < -0.3 is 9.29 Å². The molecule has 160 valence electrons. The van der Waals surface area contributed by atoms with Crippen LogP contribution in [0.3, 0.4) is 0 Å². The number of hydrogen-bond acceptors (Lipinski definition) is 4. The summed E-state index contributed by atoms with van der Waals surface area (Å²) in [6, 6.07) is 13.6. The van der Waals surface area contributed by atoms with Crippen LogP contribution in [-0.2, 0) is 16.5 Å². The van der Waals surface area contributed by atoms with E-state index in [1.165, 1.54) is 76.0 Å². The molecule has 0 fully saturated rings. The Labute approximate surface area is 225 Å². The summed E-state index contributed by atoms with van der Waals surface area (Å²) < 4.78 is 40.2. The predicted octanol–water partition coefficient (Wildman–Crippen LogP) is 3.85. The van der Waals surface area contributed by atoms with Gasteiger partial charge in [0, 0.05) is 0 Å². The van der Waals surface area contributed by atoms with E-state index in [-0.39, 0.29) is 62.0 Å². The van der Waals surface area contributed by atoms with E-state index in [4.69, 9.17) is 4.74 Å². The molecule has 0 unspecified atom stereocenters. The van der Waals surface area contributed by atoms with Crippen LogP contribution in [0.25, 0.3) is 0 Å². The normalized spacial score (nSPS) is 11.1. The summed E-state index contributed by atoms with van der Waals surface area (Å²) in [6.07, 6.45) is 13.7. The molecule has 2 aromatic carbocycles. The molecule has 0 aliphatic rings. The topological polar surface area (TPSA) is 66.4 Å². The van der Waals surface area contributed by atoms with Crippen molar-refractivity contribution in [2.45, 2.75) is 82.4 Å². The van der Waals surface area contributed by atoms with Crippen LogP contribution in [0.2, 0.25) is 0 Å². The number of hydrogen-bond donors (Lipinski definition) is 0. The third-order valence-corrected chi connectivity index (χ3v) is 5.99. The molecular weight excluding hydrogens is 423 g/mol. The summed E-state index contributed by atoms with van der Waals surface area (Å²) in [4.78, 5) is -0.325. The molecule has 6 heteroatoms. The number of aryl methyl sites for hydroxylation is 1. The Hall–Kier alpha value is -0.214. The smallest absolute Gasteiger partial charge is 0.744 e. The third kappa shape index (κ3) is 10.4. The van der Waals surface area contributed by atoms with Crippen LogP contribution in [0.5, 0.6) is 11.5 Å². The Kier molecular flexibility index (Phi) is 14.4. The van der Waals surface area contributed by atoms with E-state index in [1.54, 1.807) is 6.07 Å². The maximum atomic E-state index is 11.5. The van der Waals surface area contributed by atoms with Gasteiger partial charge in [0.05, 0.1) is 4.90 Å². The van der Waals surface area contributed by atoms with Crippen LogP contribution in [0.1, 0.15) is 76.7 Å². The summed E-state index contributed by atoms with van der Waals surface area (Å²) in [5.74, 6) is 0.692. The molecule has 0 atom stereocenters. The molecule has 0 aliphatic carbocycles. The molecule has 0 amide bonds. The maximum absolute atomic E-state index is 11.5. The van der Waals surface area contributed by atoms with Crippen molar-refractivity contribution in [2.75, 3.05) is 0 Å². The van der Waals surface area contributed by atoms with Crippen LogP contribution in [-0.4, -0.2) is 13.0 Å². The molecule has 0 saturated carbocycles. The number of ether oxygens (including phenoxy) is 1. The number of benzene rings is 2. The van der Waals surface area contributed by atoms with Crippen molar-refractivity contribution in [3.05, 3.63) is 54.1 Å². The molecule has 2 aromatic rings. The minimum Gasteiger partial charge on any atom is -0.744 e. The molecule has 0 radical (unpaired) electrons. The van der Waals surface area contributed by atoms with Crippen molar-refractivity contribution in [1.82, 2.24) is 0 Å². The van der Waals surface area contributed by atoms with Crippen LogP contribution in [0.15, 0.2) is 53.4 Å². The van der Waals surface area contributed by atoms with E-state index in [2.05, 4.69) is 6.92 Å². The van der Waals surface area contributed by atoms with Crippen LogP contribution >= 0.6 is 0 Å². The van der Waals surface area contributed by atoms with Crippen molar-refractivity contribution in [3.8, 4) is 11.5 Å². The Balaban J connectivity index is 0.00000450. The van der Waals surface area contributed by atoms with Crippen LogP contribution in [0, 0.1) is 0 Å². The second-order valence-corrected chi connectivity index (χ2v) is 8.89. The molecule has 30 heavy (non-hydrogen) atoms. The Bertz CT molecular complexity index is 837. The SMILES string of the molecule is CCCCCCCCCCCCc1ccccc1Oc1ccccc1S(=O)(=O)[O-].[K+]. The van der Waals surface area contributed by atoms with E-state index in [1.807, 2.05) is 24.3 Å². The van der Waals surface area contributed by atoms with Gasteiger partial charge >= 0.3 is 51.4 Å². The second-order valence-electron chi connectivity index (χ2n) is 7.54. The zero-order valence-corrected chi connectivity index (χ0v) is 22.4. The van der Waals surface area contributed by atoms with Gasteiger partial charge in [-0.15, -0.1) is 0 Å². The minimum atomic E-state index is -4.58. The first-order valence-electron chi connectivity index (χ1n) is 10.8. The van der Waals surface area contributed by atoms with Crippen molar-refractivity contribution >= 4 is 10.1 Å². The van der Waals surface area contributed by atoms with E-state index in [0.29, 0.717) is 5.75 Å². The van der Waals surface area contributed by atoms with Gasteiger partial charge in [-0.25, -0.2) is 8.42 Å². The summed E-state index contributed by atoms with van der Waals surface area (Å²) in [5.41, 5.74) is 1.03. The van der Waals surface area contributed by atoms with Crippen molar-refractivity contribution in [3.63, 3.8) is 0 Å². The molecule has 2 rings (SSSR count). The van der Waals surface area contributed by atoms with Gasteiger partial charge in [-0.2, -0.15) is 0 Å². The van der Waals surface area contributed by atoms with Gasteiger partial charge in [0.15, 0.2) is 0 Å². The second kappa shape index (κ2) is 15.6. The fourth-order valence-corrected chi connectivity index (χ4v) is 4.07. The van der Waals surface area contributed by atoms with Crippen molar-refractivity contribution < 1.29 is 69.1 Å². The predicted molar refractivity (Wildman–Crippen MR) is 116 cm³/mol. The largest absolute Gasteiger partial charge is 1.00 e. The molecule has 0 aliphatic heterocycles. The first-order valence-corrected chi connectivity index (χ1v) is 12.2. The molecular formula is C24H33KO4S. The van der Waals surface area contributed by atoms with Crippen molar-refractivity contribution in [1.29, 1.82) is 0 Å². The standard InChI is InChI=1S/C24H34O4S.K/c1-2-3-4-5-6-7-8-9-10-11-16-21-17-12-13-18-22(21)28-23-19-14-15-20-24(23)29(25,26)27;/h12-15,17-20H,2-11,16H2,1H3,(H,25,26,27);/q;+1/p-1. The van der Waals surface area contributed by atoms with E-state index < -0.39 is 10.1 Å². The fraction of sp³-hybridized carbons (Fsp3) is 0.500. The molecule has 0 saturated heterocycles. The molecule has 0 spiro atoms. The van der Waals surface area contributed by atoms with E-state index in [0.717, 1.165) is 18.4 Å². The summed E-state index contributed by atoms with van der Waals surface area (Å²) >= 11 is 0. The zero-order chi connectivity index (χ0) is 21.0. The molecule has 4 nitrogen and oxygen atoms in total. The molecule has 0 heterocycles. The van der Waals surface area contributed by atoms with Gasteiger partial charge in [0.2, 0.25) is 0 Å². The van der Waals surface area contributed by atoms with Crippen molar-refractivity contribution in [2.24, 2.45) is 0 Å². The summed E-state index contributed by atoms with van der Waals surface area (Å²) in [5, 5.41) is 0. The number of rotatable bonds is 14. The first-order chi connectivity index (χ1) is 14.0. The van der Waals surface area contributed by atoms with Gasteiger partial charge in [-0.3, -0.25) is 0 Å². The molecule has 0 N–H and O–H groups in total. The first kappa shape index (κ1) is 27.8. The average Bonchev–Trinajstić information content (AvgIpc) is 2.70. The van der Waals surface area contributed by atoms with Gasteiger partial charge in [-0.1, -0.05) is 95.0 Å². The Morgan fingerprint density at radius 2 is 1.23 bits per heavy atom.